The van der Waals surface area contributed by atoms with E-state index in [4.69, 9.17) is 0 Å². The average Bonchev–Trinajstić information content (AvgIpc) is 2.36. The normalized spacial score (nSPS) is 13.7. The van der Waals surface area contributed by atoms with Crippen molar-refractivity contribution in [2.45, 2.75) is 38.8 Å². The molecule has 5 nitrogen and oxygen atoms in total. The molecule has 0 aromatic carbocycles. The van der Waals surface area contributed by atoms with Gasteiger partial charge in [0.25, 0.3) is 0 Å². The van der Waals surface area contributed by atoms with Crippen LogP contribution in [0.25, 0.3) is 0 Å². The third-order valence-corrected chi connectivity index (χ3v) is 3.13. The Morgan fingerprint density at radius 3 is 2.35 bits per heavy atom. The van der Waals surface area contributed by atoms with E-state index >= 15 is 0 Å². The van der Waals surface area contributed by atoms with E-state index in [1.165, 1.54) is 0 Å². The maximum Gasteiger partial charge on any atom is 0.0782 e. The van der Waals surface area contributed by atoms with E-state index in [9.17, 15) is 10.2 Å². The molecule has 0 amide bonds. The van der Waals surface area contributed by atoms with Gasteiger partial charge in [-0.25, -0.2) is 0 Å². The monoisotopic (exact) mass is 239 g/mol. The molecular formula is C12H21N3O2. The first-order chi connectivity index (χ1) is 8.08. The molecule has 0 saturated heterocycles. The molecule has 1 heterocycles. The van der Waals surface area contributed by atoms with Crippen LogP contribution in [-0.4, -0.2) is 38.9 Å². The van der Waals surface area contributed by atoms with Gasteiger partial charge in [-0.1, -0.05) is 6.92 Å². The minimum Gasteiger partial charge on any atom is -0.394 e. The van der Waals surface area contributed by atoms with Crippen LogP contribution in [0, 0.1) is 6.92 Å². The summed E-state index contributed by atoms with van der Waals surface area (Å²) in [7, 11) is 0. The fraction of sp³-hybridized carbons (Fsp3) is 0.667. The second kappa shape index (κ2) is 6.05. The van der Waals surface area contributed by atoms with E-state index in [-0.39, 0.29) is 19.3 Å². The lowest BCUT2D eigenvalue weighted by molar-refractivity contribution is 0.0787. The zero-order valence-corrected chi connectivity index (χ0v) is 10.6. The molecule has 1 unspecified atom stereocenters. The molecular weight excluding hydrogens is 218 g/mol. The highest BCUT2D eigenvalue weighted by molar-refractivity contribution is 5.13. The molecule has 0 spiro atoms. The predicted molar refractivity (Wildman–Crippen MR) is 65.5 cm³/mol. The minimum absolute atomic E-state index is 0.0667. The summed E-state index contributed by atoms with van der Waals surface area (Å²) in [5, 5.41) is 22.0. The minimum atomic E-state index is -0.663. The molecule has 1 rings (SSSR count). The quantitative estimate of drug-likeness (QED) is 0.676. The summed E-state index contributed by atoms with van der Waals surface area (Å²) in [5.41, 5.74) is 1.03. The maximum absolute atomic E-state index is 9.38. The van der Waals surface area contributed by atoms with Crippen LogP contribution in [0.15, 0.2) is 12.4 Å². The van der Waals surface area contributed by atoms with Crippen LogP contribution in [0.4, 0.5) is 0 Å². The molecule has 1 aromatic heterocycles. The first-order valence-corrected chi connectivity index (χ1v) is 5.85. The van der Waals surface area contributed by atoms with Gasteiger partial charge in [0, 0.05) is 18.4 Å². The summed E-state index contributed by atoms with van der Waals surface area (Å²) >= 11 is 0. The highest BCUT2D eigenvalue weighted by Gasteiger charge is 2.29. The Morgan fingerprint density at radius 2 is 1.88 bits per heavy atom. The number of aliphatic hydroxyl groups excluding tert-OH is 2. The van der Waals surface area contributed by atoms with Gasteiger partial charge in [-0.15, -0.1) is 0 Å². The molecule has 17 heavy (non-hydrogen) atoms. The summed E-state index contributed by atoms with van der Waals surface area (Å²) in [6.07, 6.45) is 3.94. The van der Waals surface area contributed by atoms with Gasteiger partial charge in [-0.3, -0.25) is 15.3 Å². The highest BCUT2D eigenvalue weighted by atomic mass is 16.3. The van der Waals surface area contributed by atoms with Gasteiger partial charge in [0.2, 0.25) is 0 Å². The van der Waals surface area contributed by atoms with Gasteiger partial charge in [0.1, 0.15) is 0 Å². The van der Waals surface area contributed by atoms with E-state index in [1.54, 1.807) is 12.4 Å². The van der Waals surface area contributed by atoms with E-state index in [0.29, 0.717) is 6.42 Å². The number of hydrogen-bond donors (Lipinski definition) is 3. The van der Waals surface area contributed by atoms with Crippen LogP contribution in [-0.2, 0) is 0 Å². The number of aliphatic hydroxyl groups is 2. The van der Waals surface area contributed by atoms with Crippen molar-refractivity contribution < 1.29 is 10.2 Å². The number of aryl methyl sites for hydroxylation is 1. The molecule has 0 bridgehead atoms. The molecule has 0 radical (unpaired) electrons. The molecule has 1 aromatic rings. The Kier molecular flexibility index (Phi) is 4.99. The Bertz CT molecular complexity index is 345. The van der Waals surface area contributed by atoms with Crippen molar-refractivity contribution in [1.82, 2.24) is 15.3 Å². The third-order valence-electron chi connectivity index (χ3n) is 3.13. The second-order valence-corrected chi connectivity index (χ2v) is 4.34. The molecule has 5 heteroatoms. The van der Waals surface area contributed by atoms with Crippen molar-refractivity contribution in [1.29, 1.82) is 0 Å². The molecule has 96 valence electrons. The molecule has 0 aliphatic heterocycles. The smallest absolute Gasteiger partial charge is 0.0782 e. The van der Waals surface area contributed by atoms with Crippen molar-refractivity contribution in [3.05, 3.63) is 23.8 Å². The molecule has 0 fully saturated rings. The van der Waals surface area contributed by atoms with Crippen molar-refractivity contribution in [3.8, 4) is 0 Å². The summed E-state index contributed by atoms with van der Waals surface area (Å²) in [4.78, 5) is 8.46. The largest absolute Gasteiger partial charge is 0.394 e. The van der Waals surface area contributed by atoms with Crippen molar-refractivity contribution in [2.75, 3.05) is 13.2 Å². The van der Waals surface area contributed by atoms with Crippen molar-refractivity contribution in [3.63, 3.8) is 0 Å². The van der Waals surface area contributed by atoms with Crippen LogP contribution >= 0.6 is 0 Å². The summed E-state index contributed by atoms with van der Waals surface area (Å²) in [6, 6.07) is -0.0667. The standard InChI is InChI=1S/C12H21N3O2/c1-4-12(7-16,8-17)15-10(3)11-9(2)13-5-6-14-11/h5-6,10,15-17H,4,7-8H2,1-3H3. The Labute approximate surface area is 102 Å². The molecule has 1 atom stereocenters. The fourth-order valence-corrected chi connectivity index (χ4v) is 1.84. The van der Waals surface area contributed by atoms with Crippen LogP contribution in [0.5, 0.6) is 0 Å². The number of aromatic nitrogens is 2. The van der Waals surface area contributed by atoms with Crippen molar-refractivity contribution in [2.24, 2.45) is 0 Å². The highest BCUT2D eigenvalue weighted by Crippen LogP contribution is 2.18. The van der Waals surface area contributed by atoms with Crippen LogP contribution in [0.1, 0.15) is 37.7 Å². The van der Waals surface area contributed by atoms with Gasteiger partial charge in [-0.05, 0) is 20.3 Å². The number of nitrogens with one attached hydrogen (secondary N) is 1. The van der Waals surface area contributed by atoms with Crippen LogP contribution in [0.2, 0.25) is 0 Å². The van der Waals surface area contributed by atoms with Crippen LogP contribution < -0.4 is 5.32 Å². The first kappa shape index (κ1) is 14.0. The first-order valence-electron chi connectivity index (χ1n) is 5.85. The van der Waals surface area contributed by atoms with Gasteiger partial charge in [0.15, 0.2) is 0 Å². The van der Waals surface area contributed by atoms with Gasteiger partial charge in [0.05, 0.1) is 30.1 Å². The molecule has 0 saturated carbocycles. The zero-order valence-electron chi connectivity index (χ0n) is 10.6. The summed E-state index contributed by atoms with van der Waals surface area (Å²) < 4.78 is 0. The Morgan fingerprint density at radius 1 is 1.29 bits per heavy atom. The zero-order chi connectivity index (χ0) is 12.9. The number of nitrogens with zero attached hydrogens (tertiary/aromatic N) is 2. The van der Waals surface area contributed by atoms with E-state index in [2.05, 4.69) is 15.3 Å². The maximum atomic E-state index is 9.38. The average molecular weight is 239 g/mol. The van der Waals surface area contributed by atoms with Crippen molar-refractivity contribution >= 4 is 0 Å². The summed E-state index contributed by atoms with van der Waals surface area (Å²) in [5.74, 6) is 0. The summed E-state index contributed by atoms with van der Waals surface area (Å²) in [6.45, 7) is 5.56. The topological polar surface area (TPSA) is 78.3 Å². The Hall–Kier alpha value is -1.04. The van der Waals surface area contributed by atoms with E-state index < -0.39 is 5.54 Å². The lowest BCUT2D eigenvalue weighted by Gasteiger charge is -2.33. The predicted octanol–water partition coefficient (Wildman–Crippen LogP) is 0.569. The van der Waals surface area contributed by atoms with Gasteiger partial charge < -0.3 is 10.2 Å². The van der Waals surface area contributed by atoms with E-state index in [0.717, 1.165) is 11.4 Å². The lowest BCUT2D eigenvalue weighted by Crippen LogP contribution is -2.52. The van der Waals surface area contributed by atoms with Gasteiger partial charge in [-0.2, -0.15) is 0 Å². The SMILES string of the molecule is CCC(CO)(CO)NC(C)c1nccnc1C. The fourth-order valence-electron chi connectivity index (χ4n) is 1.84. The van der Waals surface area contributed by atoms with E-state index in [1.807, 2.05) is 20.8 Å². The third kappa shape index (κ3) is 3.21. The molecule has 0 aliphatic rings. The molecule has 0 aliphatic carbocycles. The number of rotatable bonds is 6. The molecule has 3 N–H and O–H groups in total. The number of hydrogen-bond acceptors (Lipinski definition) is 5. The van der Waals surface area contributed by atoms with Gasteiger partial charge >= 0.3 is 0 Å². The lowest BCUT2D eigenvalue weighted by atomic mass is 9.96. The second-order valence-electron chi connectivity index (χ2n) is 4.34. The Balaban J connectivity index is 2.84. The van der Waals surface area contributed by atoms with Crippen LogP contribution in [0.3, 0.4) is 0 Å².